The van der Waals surface area contributed by atoms with Gasteiger partial charge in [0.05, 0.1) is 11.9 Å². The third-order valence-corrected chi connectivity index (χ3v) is 3.02. The van der Waals surface area contributed by atoms with Gasteiger partial charge in [-0.05, 0) is 18.2 Å². The zero-order chi connectivity index (χ0) is 12.4. The van der Waals surface area contributed by atoms with E-state index in [4.69, 9.17) is 11.6 Å². The minimum absolute atomic E-state index is 0.711. The highest BCUT2D eigenvalue weighted by molar-refractivity contribution is 6.33. The van der Waals surface area contributed by atoms with E-state index in [1.807, 2.05) is 36.4 Å². The monoisotopic (exact) mass is 255 g/mol. The number of imidazole rings is 1. The van der Waals surface area contributed by atoms with Crippen LogP contribution in [-0.4, -0.2) is 15.0 Å². The Morgan fingerprint density at radius 1 is 1.00 bits per heavy atom. The Morgan fingerprint density at radius 3 is 2.56 bits per heavy atom. The number of hydrogen-bond donors (Lipinski definition) is 1. The molecule has 0 aliphatic rings. The average Bonchev–Trinajstić information content (AvgIpc) is 2.90. The third-order valence-electron chi connectivity index (χ3n) is 2.69. The normalized spacial score (nSPS) is 10.5. The van der Waals surface area contributed by atoms with Crippen LogP contribution in [0.5, 0.6) is 0 Å². The molecule has 1 N–H and O–H groups in total. The zero-order valence-electron chi connectivity index (χ0n) is 9.47. The highest BCUT2D eigenvalue weighted by Gasteiger charge is 2.07. The number of halogens is 1. The molecule has 3 rings (SSSR count). The van der Waals surface area contributed by atoms with Gasteiger partial charge in [-0.15, -0.1) is 0 Å². The first kappa shape index (κ1) is 11.0. The summed E-state index contributed by atoms with van der Waals surface area (Å²) in [7, 11) is 0. The SMILES string of the molecule is Clc1ccccc1-c1cnc(-c2ccncc2)[nH]1. The van der Waals surface area contributed by atoms with Crippen molar-refractivity contribution in [1.29, 1.82) is 0 Å². The quantitative estimate of drug-likeness (QED) is 0.757. The first-order valence-corrected chi connectivity index (χ1v) is 5.93. The standard InChI is InChI=1S/C14H10ClN3/c15-12-4-2-1-3-11(12)13-9-17-14(18-13)10-5-7-16-8-6-10/h1-9H,(H,17,18). The second kappa shape index (κ2) is 4.63. The highest BCUT2D eigenvalue weighted by atomic mass is 35.5. The van der Waals surface area contributed by atoms with Crippen molar-refractivity contribution in [2.24, 2.45) is 0 Å². The molecule has 0 amide bonds. The second-order valence-electron chi connectivity index (χ2n) is 3.86. The van der Waals surface area contributed by atoms with Gasteiger partial charge < -0.3 is 4.98 Å². The molecule has 18 heavy (non-hydrogen) atoms. The molecule has 0 aliphatic carbocycles. The van der Waals surface area contributed by atoms with Crippen molar-refractivity contribution < 1.29 is 0 Å². The van der Waals surface area contributed by atoms with E-state index >= 15 is 0 Å². The Labute approximate surface area is 109 Å². The average molecular weight is 256 g/mol. The van der Waals surface area contributed by atoms with Crippen LogP contribution in [0.2, 0.25) is 5.02 Å². The van der Waals surface area contributed by atoms with Crippen LogP contribution in [-0.2, 0) is 0 Å². The van der Waals surface area contributed by atoms with Crippen LogP contribution in [0, 0.1) is 0 Å². The number of nitrogens with one attached hydrogen (secondary N) is 1. The number of nitrogens with zero attached hydrogens (tertiary/aromatic N) is 2. The predicted molar refractivity (Wildman–Crippen MR) is 72.3 cm³/mol. The summed E-state index contributed by atoms with van der Waals surface area (Å²) in [6, 6.07) is 11.5. The van der Waals surface area contributed by atoms with Gasteiger partial charge in [-0.3, -0.25) is 4.98 Å². The van der Waals surface area contributed by atoms with E-state index in [2.05, 4.69) is 15.0 Å². The Kier molecular flexibility index (Phi) is 2.82. The zero-order valence-corrected chi connectivity index (χ0v) is 10.2. The lowest BCUT2D eigenvalue weighted by Gasteiger charge is -2.00. The molecule has 0 atom stereocenters. The summed E-state index contributed by atoms with van der Waals surface area (Å²) in [6.07, 6.45) is 5.27. The molecule has 4 heteroatoms. The van der Waals surface area contributed by atoms with E-state index in [0.29, 0.717) is 5.02 Å². The summed E-state index contributed by atoms with van der Waals surface area (Å²) >= 11 is 6.16. The number of pyridine rings is 1. The smallest absolute Gasteiger partial charge is 0.137 e. The molecule has 0 fully saturated rings. The molecule has 2 heterocycles. The van der Waals surface area contributed by atoms with Crippen molar-refractivity contribution in [2.45, 2.75) is 0 Å². The van der Waals surface area contributed by atoms with Gasteiger partial charge in [0.1, 0.15) is 5.82 Å². The number of benzene rings is 1. The van der Waals surface area contributed by atoms with E-state index in [1.54, 1.807) is 18.6 Å². The van der Waals surface area contributed by atoms with Gasteiger partial charge in [0.2, 0.25) is 0 Å². The van der Waals surface area contributed by atoms with Crippen LogP contribution < -0.4 is 0 Å². The lowest BCUT2D eigenvalue weighted by atomic mass is 10.2. The van der Waals surface area contributed by atoms with Crippen LogP contribution in [0.15, 0.2) is 55.0 Å². The summed E-state index contributed by atoms with van der Waals surface area (Å²) in [5, 5.41) is 0.711. The number of H-pyrrole nitrogens is 1. The molecule has 0 unspecified atom stereocenters. The van der Waals surface area contributed by atoms with E-state index in [0.717, 1.165) is 22.6 Å². The minimum Gasteiger partial charge on any atom is -0.338 e. The van der Waals surface area contributed by atoms with Crippen LogP contribution in [0.1, 0.15) is 0 Å². The van der Waals surface area contributed by atoms with Crippen molar-refractivity contribution in [2.75, 3.05) is 0 Å². The molecule has 0 spiro atoms. The predicted octanol–water partition coefficient (Wildman–Crippen LogP) is 3.79. The fraction of sp³-hybridized carbons (Fsp3) is 0. The van der Waals surface area contributed by atoms with Crippen molar-refractivity contribution in [3.63, 3.8) is 0 Å². The Hall–Kier alpha value is -2.13. The molecular formula is C14H10ClN3. The molecule has 0 saturated carbocycles. The summed E-state index contributed by atoms with van der Waals surface area (Å²) in [4.78, 5) is 11.6. The lowest BCUT2D eigenvalue weighted by molar-refractivity contribution is 1.27. The number of aromatic amines is 1. The van der Waals surface area contributed by atoms with E-state index in [9.17, 15) is 0 Å². The maximum atomic E-state index is 6.16. The molecule has 0 radical (unpaired) electrons. The summed E-state index contributed by atoms with van der Waals surface area (Å²) in [6.45, 7) is 0. The third kappa shape index (κ3) is 2.00. The molecule has 0 saturated heterocycles. The molecule has 3 aromatic rings. The first-order valence-electron chi connectivity index (χ1n) is 5.55. The van der Waals surface area contributed by atoms with Crippen LogP contribution in [0.4, 0.5) is 0 Å². The van der Waals surface area contributed by atoms with Gasteiger partial charge in [-0.1, -0.05) is 29.8 Å². The maximum Gasteiger partial charge on any atom is 0.137 e. The summed E-state index contributed by atoms with van der Waals surface area (Å²) < 4.78 is 0. The van der Waals surface area contributed by atoms with Crippen molar-refractivity contribution >= 4 is 11.6 Å². The van der Waals surface area contributed by atoms with Gasteiger partial charge in [0, 0.05) is 28.5 Å². The van der Waals surface area contributed by atoms with E-state index < -0.39 is 0 Å². The second-order valence-corrected chi connectivity index (χ2v) is 4.27. The minimum atomic E-state index is 0.711. The highest BCUT2D eigenvalue weighted by Crippen LogP contribution is 2.27. The van der Waals surface area contributed by atoms with Gasteiger partial charge in [-0.2, -0.15) is 0 Å². The molecule has 1 aromatic carbocycles. The Morgan fingerprint density at radius 2 is 1.78 bits per heavy atom. The Balaban J connectivity index is 2.03. The number of aromatic nitrogens is 3. The molecule has 2 aromatic heterocycles. The van der Waals surface area contributed by atoms with E-state index in [1.165, 1.54) is 0 Å². The van der Waals surface area contributed by atoms with Gasteiger partial charge >= 0.3 is 0 Å². The Bertz CT molecular complexity index is 662. The number of rotatable bonds is 2. The van der Waals surface area contributed by atoms with Crippen LogP contribution in [0.25, 0.3) is 22.6 Å². The van der Waals surface area contributed by atoms with Crippen molar-refractivity contribution in [3.8, 4) is 22.6 Å². The van der Waals surface area contributed by atoms with E-state index in [-0.39, 0.29) is 0 Å². The van der Waals surface area contributed by atoms with Crippen molar-refractivity contribution in [3.05, 3.63) is 60.0 Å². The molecule has 0 bridgehead atoms. The van der Waals surface area contributed by atoms with Gasteiger partial charge in [-0.25, -0.2) is 4.98 Å². The summed E-state index contributed by atoms with van der Waals surface area (Å²) in [5.41, 5.74) is 2.86. The fourth-order valence-electron chi connectivity index (χ4n) is 1.79. The molecule has 88 valence electrons. The maximum absolute atomic E-state index is 6.16. The topological polar surface area (TPSA) is 41.6 Å². The first-order chi connectivity index (χ1) is 8.84. The molecule has 0 aliphatic heterocycles. The molecular weight excluding hydrogens is 246 g/mol. The van der Waals surface area contributed by atoms with Crippen LogP contribution in [0.3, 0.4) is 0 Å². The van der Waals surface area contributed by atoms with Gasteiger partial charge in [0.25, 0.3) is 0 Å². The van der Waals surface area contributed by atoms with Crippen LogP contribution >= 0.6 is 11.6 Å². The molecule has 3 nitrogen and oxygen atoms in total. The lowest BCUT2D eigenvalue weighted by Crippen LogP contribution is -1.82. The number of hydrogen-bond acceptors (Lipinski definition) is 2. The summed E-state index contributed by atoms with van der Waals surface area (Å²) in [5.74, 6) is 0.812. The van der Waals surface area contributed by atoms with Gasteiger partial charge in [0.15, 0.2) is 0 Å². The van der Waals surface area contributed by atoms with Crippen molar-refractivity contribution in [1.82, 2.24) is 15.0 Å². The fourth-order valence-corrected chi connectivity index (χ4v) is 2.03. The largest absolute Gasteiger partial charge is 0.338 e.